The third-order valence-electron chi connectivity index (χ3n) is 9.26. The minimum absolute atomic E-state index is 0.00589. The molecule has 0 radical (unpaired) electrons. The molecule has 5 rings (SSSR count). The van der Waals surface area contributed by atoms with E-state index in [0.29, 0.717) is 43.7 Å². The van der Waals surface area contributed by atoms with E-state index in [0.717, 1.165) is 57.2 Å². The Hall–Kier alpha value is -1.64. The Morgan fingerprint density at radius 1 is 1.05 bits per heavy atom. The van der Waals surface area contributed by atoms with Crippen LogP contribution in [-0.4, -0.2) is 67.3 Å². The highest BCUT2D eigenvalue weighted by Gasteiger charge is 2.40. The van der Waals surface area contributed by atoms with Crippen molar-refractivity contribution in [2.45, 2.75) is 107 Å². The maximum absolute atomic E-state index is 12.4. The Balaban J connectivity index is 0.891. The molecule has 0 aromatic heterocycles. The van der Waals surface area contributed by atoms with Crippen LogP contribution in [0.15, 0.2) is 0 Å². The van der Waals surface area contributed by atoms with Crippen LogP contribution in [0.1, 0.15) is 83.5 Å². The fourth-order valence-corrected chi connectivity index (χ4v) is 8.23. The van der Waals surface area contributed by atoms with E-state index in [9.17, 15) is 14.4 Å². The zero-order valence-electron chi connectivity index (χ0n) is 24.1. The predicted molar refractivity (Wildman–Crippen MR) is 156 cm³/mol. The summed E-state index contributed by atoms with van der Waals surface area (Å²) in [6, 6.07) is 0. The van der Waals surface area contributed by atoms with Crippen molar-refractivity contribution in [3.63, 3.8) is 0 Å². The topological polar surface area (TPSA) is 154 Å². The van der Waals surface area contributed by atoms with E-state index < -0.39 is 0 Å². The number of fused-ring (bicyclic) bond motifs is 1. The van der Waals surface area contributed by atoms with Crippen LogP contribution in [0.25, 0.3) is 0 Å². The van der Waals surface area contributed by atoms with E-state index >= 15 is 0 Å². The Morgan fingerprint density at radius 2 is 1.88 bits per heavy atom. The van der Waals surface area contributed by atoms with E-state index in [-0.39, 0.29) is 47.8 Å². The average Bonchev–Trinajstić information content (AvgIpc) is 3.66. The molecular formula is C28H49N7O5S. The Morgan fingerprint density at radius 3 is 2.76 bits per heavy atom. The second-order valence-corrected chi connectivity index (χ2v) is 13.5. The van der Waals surface area contributed by atoms with Crippen molar-refractivity contribution >= 4 is 29.7 Å². The van der Waals surface area contributed by atoms with Crippen molar-refractivity contribution in [1.82, 2.24) is 37.6 Å². The molecule has 7 atom stereocenters. The highest BCUT2D eigenvalue weighted by atomic mass is 32.2. The SMILES string of the molecule is O=C(CCC1NC(C2CSC(NC(=O)OCC3CCCCC3)C2)NO1)NCCCNC1NNC(=O)C2CCCCC12. The van der Waals surface area contributed by atoms with Crippen LogP contribution in [0.2, 0.25) is 0 Å². The van der Waals surface area contributed by atoms with Crippen molar-refractivity contribution in [2.75, 3.05) is 25.4 Å². The van der Waals surface area contributed by atoms with Crippen molar-refractivity contribution in [2.24, 2.45) is 23.7 Å². The molecule has 13 heteroatoms. The van der Waals surface area contributed by atoms with E-state index in [1.807, 2.05) is 0 Å². The summed E-state index contributed by atoms with van der Waals surface area (Å²) in [4.78, 5) is 42.4. The highest BCUT2D eigenvalue weighted by molar-refractivity contribution is 8.00. The summed E-state index contributed by atoms with van der Waals surface area (Å²) in [5, 5.41) is 13.0. The summed E-state index contributed by atoms with van der Waals surface area (Å²) < 4.78 is 5.49. The van der Waals surface area contributed by atoms with Gasteiger partial charge in [-0.1, -0.05) is 32.1 Å². The number of hydrogen-bond acceptors (Lipinski definition) is 10. The minimum atomic E-state index is -0.311. The Labute approximate surface area is 247 Å². The van der Waals surface area contributed by atoms with Gasteiger partial charge in [-0.25, -0.2) is 10.2 Å². The van der Waals surface area contributed by atoms with Gasteiger partial charge in [0.2, 0.25) is 11.8 Å². The van der Waals surface area contributed by atoms with Gasteiger partial charge in [0.05, 0.1) is 24.3 Å². The molecule has 3 aliphatic heterocycles. The second kappa shape index (κ2) is 15.7. The number of rotatable bonds is 12. The quantitative estimate of drug-likeness (QED) is 0.166. The van der Waals surface area contributed by atoms with Gasteiger partial charge < -0.3 is 20.7 Å². The van der Waals surface area contributed by atoms with E-state index in [4.69, 9.17) is 9.57 Å². The molecular weight excluding hydrogens is 546 g/mol. The van der Waals surface area contributed by atoms with E-state index in [2.05, 4.69) is 37.6 Å². The van der Waals surface area contributed by atoms with Crippen LogP contribution in [0.5, 0.6) is 0 Å². The molecule has 7 N–H and O–H groups in total. The van der Waals surface area contributed by atoms with Gasteiger partial charge in [-0.15, -0.1) is 11.8 Å². The molecule has 2 saturated carbocycles. The molecule has 41 heavy (non-hydrogen) atoms. The molecule has 3 amide bonds. The summed E-state index contributed by atoms with van der Waals surface area (Å²) >= 11 is 1.73. The van der Waals surface area contributed by atoms with Crippen molar-refractivity contribution in [3.05, 3.63) is 0 Å². The Kier molecular flexibility index (Phi) is 11.8. The summed E-state index contributed by atoms with van der Waals surface area (Å²) in [5.41, 5.74) is 9.02. The zero-order chi connectivity index (χ0) is 28.4. The molecule has 2 aliphatic carbocycles. The predicted octanol–water partition coefficient (Wildman–Crippen LogP) is 1.79. The van der Waals surface area contributed by atoms with Crippen LogP contribution < -0.4 is 37.6 Å². The first-order valence-electron chi connectivity index (χ1n) is 15.8. The number of thioether (sulfide) groups is 1. The number of carbonyl (C=O) groups excluding carboxylic acids is 3. The van der Waals surface area contributed by atoms with Crippen molar-refractivity contribution < 1.29 is 24.0 Å². The van der Waals surface area contributed by atoms with Crippen LogP contribution in [0.4, 0.5) is 4.79 Å². The lowest BCUT2D eigenvalue weighted by Crippen LogP contribution is -2.64. The van der Waals surface area contributed by atoms with Crippen LogP contribution in [-0.2, 0) is 19.2 Å². The molecule has 3 saturated heterocycles. The lowest BCUT2D eigenvalue weighted by atomic mass is 9.76. The lowest BCUT2D eigenvalue weighted by Gasteiger charge is -2.41. The number of alkyl carbamates (subject to hydrolysis) is 1. The molecule has 12 nitrogen and oxygen atoms in total. The van der Waals surface area contributed by atoms with Gasteiger partial charge in [0.25, 0.3) is 0 Å². The number of carbonyl (C=O) groups is 3. The molecule has 5 aliphatic rings. The minimum Gasteiger partial charge on any atom is -0.449 e. The van der Waals surface area contributed by atoms with Gasteiger partial charge in [-0.05, 0) is 57.4 Å². The third kappa shape index (κ3) is 9.17. The molecule has 3 heterocycles. The van der Waals surface area contributed by atoms with Crippen molar-refractivity contribution in [1.29, 1.82) is 0 Å². The standard InChI is InChI=1S/C28H49N7O5S/c36-22(29-13-6-14-30-26-20-9-4-5-10-21(20)27(37)34-33-26)11-12-23-31-25(35-40-23)19-15-24(41-17-19)32-28(38)39-16-18-7-2-1-3-8-18/h18-21,23-26,30-31,33,35H,1-17H2,(H,29,36)(H,32,38)(H,34,37). The van der Waals surface area contributed by atoms with Crippen LogP contribution in [0, 0.1) is 23.7 Å². The zero-order valence-corrected chi connectivity index (χ0v) is 24.9. The summed E-state index contributed by atoms with van der Waals surface area (Å²) in [5.74, 6) is 2.31. The molecule has 7 unspecified atom stereocenters. The van der Waals surface area contributed by atoms with Crippen molar-refractivity contribution in [3.8, 4) is 0 Å². The summed E-state index contributed by atoms with van der Waals surface area (Å²) in [6.45, 7) is 1.90. The Bertz CT molecular complexity index is 879. The maximum atomic E-state index is 12.4. The number of hydrogen-bond donors (Lipinski definition) is 7. The number of amides is 3. The van der Waals surface area contributed by atoms with Gasteiger partial charge in [0, 0.05) is 36.5 Å². The molecule has 0 aromatic rings. The monoisotopic (exact) mass is 595 g/mol. The number of nitrogens with one attached hydrogen (secondary N) is 7. The van der Waals surface area contributed by atoms with Crippen LogP contribution >= 0.6 is 11.8 Å². The molecule has 232 valence electrons. The van der Waals surface area contributed by atoms with Gasteiger partial charge in [0.1, 0.15) is 6.23 Å². The molecule has 0 spiro atoms. The molecule has 0 aromatic carbocycles. The first-order chi connectivity index (χ1) is 20.0. The highest BCUT2D eigenvalue weighted by Crippen LogP contribution is 2.34. The number of hydrazine groups is 1. The normalized spacial score (nSPS) is 34.0. The van der Waals surface area contributed by atoms with E-state index in [1.54, 1.807) is 11.8 Å². The molecule has 0 bridgehead atoms. The second-order valence-electron chi connectivity index (χ2n) is 12.3. The third-order valence-corrected chi connectivity index (χ3v) is 10.6. The largest absolute Gasteiger partial charge is 0.449 e. The average molecular weight is 596 g/mol. The van der Waals surface area contributed by atoms with E-state index in [1.165, 1.54) is 25.7 Å². The number of hydroxylamine groups is 1. The number of ether oxygens (including phenoxy) is 1. The first kappa shape index (κ1) is 30.8. The lowest BCUT2D eigenvalue weighted by molar-refractivity contribution is -0.134. The fraction of sp³-hybridized carbons (Fsp3) is 0.893. The van der Waals surface area contributed by atoms with Gasteiger partial charge in [-0.3, -0.25) is 25.2 Å². The van der Waals surface area contributed by atoms with Crippen LogP contribution in [0.3, 0.4) is 0 Å². The first-order valence-corrected chi connectivity index (χ1v) is 16.9. The van der Waals surface area contributed by atoms with Gasteiger partial charge in [-0.2, -0.15) is 5.48 Å². The van der Waals surface area contributed by atoms with Gasteiger partial charge in [0.15, 0.2) is 0 Å². The van der Waals surface area contributed by atoms with Gasteiger partial charge >= 0.3 is 6.09 Å². The fourth-order valence-electron chi connectivity index (χ4n) is 6.86. The summed E-state index contributed by atoms with van der Waals surface area (Å²) in [7, 11) is 0. The smallest absolute Gasteiger partial charge is 0.408 e. The maximum Gasteiger partial charge on any atom is 0.408 e. The summed E-state index contributed by atoms with van der Waals surface area (Å²) in [6.07, 6.45) is 12.6. The molecule has 5 fully saturated rings.